The SMILES string of the molecule is CCc1nn(C)cc1C(O)c1ccc(C(F)(F)F)cc1. The molecular weight excluding hydrogens is 269 g/mol. The molecule has 0 saturated heterocycles. The molecule has 0 saturated carbocycles. The van der Waals surface area contributed by atoms with Crippen molar-refractivity contribution in [3.63, 3.8) is 0 Å². The molecular formula is C14H15F3N2O. The van der Waals surface area contributed by atoms with Gasteiger partial charge >= 0.3 is 6.18 Å². The van der Waals surface area contributed by atoms with E-state index in [0.717, 1.165) is 17.8 Å². The van der Waals surface area contributed by atoms with Crippen molar-refractivity contribution in [1.29, 1.82) is 0 Å². The van der Waals surface area contributed by atoms with Crippen molar-refractivity contribution in [3.8, 4) is 0 Å². The molecule has 1 unspecified atom stereocenters. The number of hydrogen-bond donors (Lipinski definition) is 1. The van der Waals surface area contributed by atoms with Crippen LogP contribution in [0.1, 0.15) is 35.4 Å². The number of aliphatic hydroxyl groups is 1. The fourth-order valence-electron chi connectivity index (χ4n) is 2.09. The quantitative estimate of drug-likeness (QED) is 0.940. The zero-order valence-electron chi connectivity index (χ0n) is 11.1. The van der Waals surface area contributed by atoms with Crippen LogP contribution in [0.15, 0.2) is 30.5 Å². The summed E-state index contributed by atoms with van der Waals surface area (Å²) in [6.45, 7) is 1.91. The predicted octanol–water partition coefficient (Wildman–Crippen LogP) is 3.08. The normalized spacial score (nSPS) is 13.5. The summed E-state index contributed by atoms with van der Waals surface area (Å²) in [6, 6.07) is 4.53. The Morgan fingerprint density at radius 1 is 1.25 bits per heavy atom. The second kappa shape index (κ2) is 5.28. The Bertz CT molecular complexity index is 587. The molecule has 0 fully saturated rings. The minimum Gasteiger partial charge on any atom is -0.384 e. The minimum atomic E-state index is -4.37. The Balaban J connectivity index is 2.31. The Labute approximate surface area is 114 Å². The van der Waals surface area contributed by atoms with Gasteiger partial charge in [0.15, 0.2) is 0 Å². The van der Waals surface area contributed by atoms with Gasteiger partial charge < -0.3 is 5.11 Å². The van der Waals surface area contributed by atoms with Crippen molar-refractivity contribution in [1.82, 2.24) is 9.78 Å². The van der Waals surface area contributed by atoms with E-state index in [1.54, 1.807) is 17.9 Å². The van der Waals surface area contributed by atoms with Gasteiger partial charge in [0.25, 0.3) is 0 Å². The molecule has 0 aliphatic heterocycles. The fourth-order valence-corrected chi connectivity index (χ4v) is 2.09. The van der Waals surface area contributed by atoms with Crippen molar-refractivity contribution >= 4 is 0 Å². The van der Waals surface area contributed by atoms with Gasteiger partial charge in [-0.15, -0.1) is 0 Å². The lowest BCUT2D eigenvalue weighted by Crippen LogP contribution is -2.06. The van der Waals surface area contributed by atoms with Crippen LogP contribution in [-0.4, -0.2) is 14.9 Å². The van der Waals surface area contributed by atoms with E-state index in [4.69, 9.17) is 0 Å². The molecule has 0 amide bonds. The van der Waals surface area contributed by atoms with Gasteiger partial charge in [-0.05, 0) is 24.1 Å². The predicted molar refractivity (Wildman–Crippen MR) is 68.1 cm³/mol. The summed E-state index contributed by atoms with van der Waals surface area (Å²) >= 11 is 0. The topological polar surface area (TPSA) is 38.0 Å². The Kier molecular flexibility index (Phi) is 3.85. The Hall–Kier alpha value is -1.82. The van der Waals surface area contributed by atoms with Crippen molar-refractivity contribution < 1.29 is 18.3 Å². The lowest BCUT2D eigenvalue weighted by Gasteiger charge is -2.12. The zero-order valence-corrected chi connectivity index (χ0v) is 11.1. The zero-order chi connectivity index (χ0) is 14.9. The van der Waals surface area contributed by atoms with Crippen molar-refractivity contribution in [2.75, 3.05) is 0 Å². The number of nitrogens with zero attached hydrogens (tertiary/aromatic N) is 2. The van der Waals surface area contributed by atoms with Crippen molar-refractivity contribution in [3.05, 3.63) is 52.8 Å². The van der Waals surface area contributed by atoms with Crippen LogP contribution in [0.5, 0.6) is 0 Å². The van der Waals surface area contributed by atoms with Crippen LogP contribution < -0.4 is 0 Å². The highest BCUT2D eigenvalue weighted by Crippen LogP contribution is 2.31. The first-order valence-electron chi connectivity index (χ1n) is 6.20. The number of aliphatic hydroxyl groups excluding tert-OH is 1. The van der Waals surface area contributed by atoms with Gasteiger partial charge in [-0.2, -0.15) is 18.3 Å². The highest BCUT2D eigenvalue weighted by atomic mass is 19.4. The average molecular weight is 284 g/mol. The molecule has 0 radical (unpaired) electrons. The maximum atomic E-state index is 12.5. The van der Waals surface area contributed by atoms with Gasteiger partial charge in [-0.25, -0.2) is 0 Å². The van der Waals surface area contributed by atoms with Crippen LogP contribution in [0, 0.1) is 0 Å². The molecule has 2 aromatic rings. The van der Waals surface area contributed by atoms with Crippen LogP contribution in [0.2, 0.25) is 0 Å². The van der Waals surface area contributed by atoms with E-state index in [1.165, 1.54) is 12.1 Å². The van der Waals surface area contributed by atoms with Gasteiger partial charge in [0, 0.05) is 18.8 Å². The number of rotatable bonds is 3. The van der Waals surface area contributed by atoms with E-state index in [-0.39, 0.29) is 0 Å². The molecule has 1 heterocycles. The Morgan fingerprint density at radius 2 is 1.85 bits per heavy atom. The molecule has 2 rings (SSSR count). The van der Waals surface area contributed by atoms with Gasteiger partial charge in [-0.1, -0.05) is 19.1 Å². The maximum Gasteiger partial charge on any atom is 0.416 e. The first kappa shape index (κ1) is 14.6. The van der Waals surface area contributed by atoms with Crippen LogP contribution in [0.4, 0.5) is 13.2 Å². The average Bonchev–Trinajstić information content (AvgIpc) is 2.78. The van der Waals surface area contributed by atoms with Gasteiger partial charge in [0.05, 0.1) is 11.3 Å². The number of alkyl halides is 3. The number of hydrogen-bond acceptors (Lipinski definition) is 2. The Morgan fingerprint density at radius 3 is 2.35 bits per heavy atom. The van der Waals surface area contributed by atoms with Crippen LogP contribution in [0.25, 0.3) is 0 Å². The smallest absolute Gasteiger partial charge is 0.384 e. The molecule has 1 aromatic heterocycles. The fraction of sp³-hybridized carbons (Fsp3) is 0.357. The van der Waals surface area contributed by atoms with Gasteiger partial charge in [-0.3, -0.25) is 4.68 Å². The van der Waals surface area contributed by atoms with Crippen molar-refractivity contribution in [2.24, 2.45) is 7.05 Å². The third-order valence-electron chi connectivity index (χ3n) is 3.12. The monoisotopic (exact) mass is 284 g/mol. The molecule has 0 aliphatic rings. The van der Waals surface area contributed by atoms with E-state index in [1.807, 2.05) is 6.92 Å². The van der Waals surface area contributed by atoms with Gasteiger partial charge in [0.1, 0.15) is 6.10 Å². The summed E-state index contributed by atoms with van der Waals surface area (Å²) in [4.78, 5) is 0. The molecule has 108 valence electrons. The highest BCUT2D eigenvalue weighted by molar-refractivity contribution is 5.33. The second-order valence-electron chi connectivity index (χ2n) is 4.58. The molecule has 1 N–H and O–H groups in total. The molecule has 6 heteroatoms. The van der Waals surface area contributed by atoms with E-state index < -0.39 is 17.8 Å². The summed E-state index contributed by atoms with van der Waals surface area (Å²) in [6.07, 6.45) is -3.01. The summed E-state index contributed by atoms with van der Waals surface area (Å²) in [7, 11) is 1.74. The first-order valence-corrected chi connectivity index (χ1v) is 6.20. The summed E-state index contributed by atoms with van der Waals surface area (Å²) in [5, 5.41) is 14.5. The number of aryl methyl sites for hydroxylation is 2. The molecule has 3 nitrogen and oxygen atoms in total. The number of aromatic nitrogens is 2. The summed E-state index contributed by atoms with van der Waals surface area (Å²) in [5.74, 6) is 0. The summed E-state index contributed by atoms with van der Waals surface area (Å²) in [5.41, 5.74) is 1.05. The van der Waals surface area contributed by atoms with Crippen LogP contribution >= 0.6 is 0 Å². The van der Waals surface area contributed by atoms with Gasteiger partial charge in [0.2, 0.25) is 0 Å². The van der Waals surface area contributed by atoms with E-state index >= 15 is 0 Å². The standard InChI is InChI=1S/C14H15F3N2O/c1-3-12-11(8-19(2)18-12)13(20)9-4-6-10(7-5-9)14(15,16)17/h4-8,13,20H,3H2,1-2H3. The number of benzene rings is 1. The molecule has 0 bridgehead atoms. The van der Waals surface area contributed by atoms with Crippen LogP contribution in [0.3, 0.4) is 0 Å². The summed E-state index contributed by atoms with van der Waals surface area (Å²) < 4.78 is 39.1. The van der Waals surface area contributed by atoms with Crippen molar-refractivity contribution in [2.45, 2.75) is 25.6 Å². The molecule has 20 heavy (non-hydrogen) atoms. The lowest BCUT2D eigenvalue weighted by molar-refractivity contribution is -0.137. The minimum absolute atomic E-state index is 0.417. The first-order chi connectivity index (χ1) is 9.32. The number of halogens is 3. The third-order valence-corrected chi connectivity index (χ3v) is 3.12. The lowest BCUT2D eigenvalue weighted by atomic mass is 10.00. The molecule has 1 aromatic carbocycles. The van der Waals surface area contributed by atoms with E-state index in [0.29, 0.717) is 17.5 Å². The second-order valence-corrected chi connectivity index (χ2v) is 4.58. The third kappa shape index (κ3) is 2.85. The molecule has 0 spiro atoms. The maximum absolute atomic E-state index is 12.5. The molecule has 0 aliphatic carbocycles. The largest absolute Gasteiger partial charge is 0.416 e. The van der Waals surface area contributed by atoms with E-state index in [2.05, 4.69) is 5.10 Å². The molecule has 1 atom stereocenters. The highest BCUT2D eigenvalue weighted by Gasteiger charge is 2.30. The van der Waals surface area contributed by atoms with E-state index in [9.17, 15) is 18.3 Å². The van der Waals surface area contributed by atoms with Crippen LogP contribution in [-0.2, 0) is 19.6 Å².